The van der Waals surface area contributed by atoms with Gasteiger partial charge in [-0.1, -0.05) is 0 Å². The van der Waals surface area contributed by atoms with Crippen molar-refractivity contribution in [3.8, 4) is 17.1 Å². The van der Waals surface area contributed by atoms with Gasteiger partial charge in [0.1, 0.15) is 18.1 Å². The summed E-state index contributed by atoms with van der Waals surface area (Å²) >= 11 is 0. The molecular weight excluding hydrogens is 859 g/mol. The Morgan fingerprint density at radius 2 is 1.68 bits per heavy atom. The number of Topliss-reactive ketones (excluding diaryl/α,β-unsaturated/α-hetero) is 1. The lowest BCUT2D eigenvalue weighted by Crippen LogP contribution is -2.54. The number of hydrogen-bond donors (Lipinski definition) is 3. The van der Waals surface area contributed by atoms with Crippen LogP contribution in [0, 0.1) is 5.92 Å². The van der Waals surface area contributed by atoms with Crippen LogP contribution in [0.4, 0.5) is 26.0 Å². The van der Waals surface area contributed by atoms with Crippen molar-refractivity contribution < 1.29 is 46.7 Å². The van der Waals surface area contributed by atoms with E-state index in [1.54, 1.807) is 60.8 Å². The average molecular weight is 905 g/mol. The van der Waals surface area contributed by atoms with Crippen molar-refractivity contribution >= 4 is 52.5 Å². The number of oxazole rings is 1. The van der Waals surface area contributed by atoms with Gasteiger partial charge in [0.2, 0.25) is 17.7 Å². The van der Waals surface area contributed by atoms with E-state index >= 15 is 0 Å². The number of imide groups is 2. The van der Waals surface area contributed by atoms with E-state index < -0.39 is 47.7 Å². The SMILES string of the molecule is O=C1CCC(N2C(=O)c3ccc(N4CCN(CCOCCCC(=O)c5ccc(-n6cc(NC(=O)c7coc(-c8ccnc(NCC9CC9)c8)n7)c(C(F)F)n6)cc5)CC4)cc3C2=O)C(=O)N1. The zero-order valence-electron chi connectivity index (χ0n) is 35.7. The number of fused-ring (bicyclic) bond motifs is 1. The first-order valence-corrected chi connectivity index (χ1v) is 21.9. The van der Waals surface area contributed by atoms with Crippen LogP contribution in [0.3, 0.4) is 0 Å². The number of carbonyl (C=O) groups excluding carboxylic acids is 6. The highest BCUT2D eigenvalue weighted by Gasteiger charge is 2.45. The van der Waals surface area contributed by atoms with Gasteiger partial charge >= 0.3 is 0 Å². The number of halogens is 2. The molecule has 1 aliphatic carbocycles. The number of ketones is 1. The molecule has 66 heavy (non-hydrogen) atoms. The number of benzene rings is 2. The number of carbonyl (C=O) groups is 6. The molecule has 5 aromatic rings. The summed E-state index contributed by atoms with van der Waals surface area (Å²) in [5.74, 6) is -1.52. The number of ether oxygens (including phenoxy) is 1. The molecule has 0 radical (unpaired) electrons. The number of nitrogens with zero attached hydrogens (tertiary/aromatic N) is 7. The molecular formula is C46H46F2N10O8. The number of piperidine rings is 1. The minimum Gasteiger partial charge on any atom is -0.444 e. The van der Waals surface area contributed by atoms with Crippen molar-refractivity contribution in [2.45, 2.75) is 51.0 Å². The molecule has 4 aliphatic rings. The molecule has 20 heteroatoms. The first kappa shape index (κ1) is 44.0. The molecule has 2 saturated heterocycles. The summed E-state index contributed by atoms with van der Waals surface area (Å²) in [4.78, 5) is 90.3. The molecule has 9 rings (SSSR count). The maximum absolute atomic E-state index is 14.1. The fourth-order valence-electron chi connectivity index (χ4n) is 8.17. The first-order valence-electron chi connectivity index (χ1n) is 21.9. The lowest BCUT2D eigenvalue weighted by molar-refractivity contribution is -0.136. The van der Waals surface area contributed by atoms with Crippen LogP contribution in [-0.2, 0) is 14.3 Å². The number of pyridine rings is 1. The molecule has 1 atom stereocenters. The zero-order valence-corrected chi connectivity index (χ0v) is 35.7. The maximum Gasteiger partial charge on any atom is 0.284 e. The molecule has 1 unspecified atom stereocenters. The zero-order chi connectivity index (χ0) is 45.9. The fourth-order valence-corrected chi connectivity index (χ4v) is 8.17. The Morgan fingerprint density at radius 1 is 0.909 bits per heavy atom. The Labute approximate surface area is 376 Å². The molecule has 18 nitrogen and oxygen atoms in total. The van der Waals surface area contributed by atoms with Gasteiger partial charge in [0, 0.05) is 81.7 Å². The number of rotatable bonds is 18. The average Bonchev–Trinajstić information content (AvgIpc) is 3.73. The number of amides is 5. The number of aromatic nitrogens is 4. The predicted molar refractivity (Wildman–Crippen MR) is 234 cm³/mol. The highest BCUT2D eigenvalue weighted by Crippen LogP contribution is 2.33. The van der Waals surface area contributed by atoms with Crippen molar-refractivity contribution in [3.63, 3.8) is 0 Å². The predicted octanol–water partition coefficient (Wildman–Crippen LogP) is 5.14. The molecule has 3 aromatic heterocycles. The largest absolute Gasteiger partial charge is 0.444 e. The summed E-state index contributed by atoms with van der Waals surface area (Å²) in [6.45, 7) is 5.25. The topological polar surface area (TPSA) is 214 Å². The van der Waals surface area contributed by atoms with Crippen LogP contribution in [0.1, 0.15) is 92.2 Å². The van der Waals surface area contributed by atoms with Gasteiger partial charge in [-0.2, -0.15) is 5.10 Å². The summed E-state index contributed by atoms with van der Waals surface area (Å²) in [5.41, 5.74) is 1.80. The fraction of sp³-hybridized carbons (Fsp3) is 0.370. The molecule has 3 fully saturated rings. The first-order chi connectivity index (χ1) is 32.0. The number of nitrogens with one attached hydrogen (secondary N) is 3. The minimum absolute atomic E-state index is 0.0589. The Hall–Kier alpha value is -7.19. The molecule has 3 aliphatic heterocycles. The molecule has 2 aromatic carbocycles. The summed E-state index contributed by atoms with van der Waals surface area (Å²) in [7, 11) is 0. The number of hydrogen-bond acceptors (Lipinski definition) is 14. The van der Waals surface area contributed by atoms with Crippen molar-refractivity contribution in [3.05, 3.63) is 101 Å². The van der Waals surface area contributed by atoms with Crippen LogP contribution in [0.15, 0.2) is 77.7 Å². The number of alkyl halides is 2. The van der Waals surface area contributed by atoms with Gasteiger partial charge in [-0.05, 0) is 86.2 Å². The molecule has 0 bridgehead atoms. The third kappa shape index (κ3) is 9.74. The Balaban J connectivity index is 0.698. The van der Waals surface area contributed by atoms with E-state index in [4.69, 9.17) is 9.15 Å². The van der Waals surface area contributed by atoms with Gasteiger partial charge in [0.15, 0.2) is 17.2 Å². The van der Waals surface area contributed by atoms with Crippen LogP contribution < -0.4 is 20.9 Å². The standard InChI is InChI=1S/C46H46F2N10O8/c47-41(48)40-34(51-42(61)35-26-66-44(52-35)29-13-14-49-38(22-29)50-24-27-3-4-27)25-57(54-40)30-7-5-28(6-8-30)37(59)2-1-20-65-21-19-55-15-17-56(18-16-55)31-9-10-32-33(23-31)46(64)58(45(32)63)36-11-12-39(60)53-43(36)62/h5-10,13-14,22-23,25-27,36,41H,1-4,11-12,15-21,24H2,(H,49,50)(H,51,61)(H,53,60,62). The normalized spacial score (nSPS) is 17.7. The van der Waals surface area contributed by atoms with Gasteiger partial charge in [-0.15, -0.1) is 0 Å². The summed E-state index contributed by atoms with van der Waals surface area (Å²) in [6, 6.07) is 13.9. The third-order valence-corrected chi connectivity index (χ3v) is 12.1. The van der Waals surface area contributed by atoms with Gasteiger partial charge in [-0.3, -0.25) is 43.9 Å². The van der Waals surface area contributed by atoms with E-state index in [0.29, 0.717) is 67.8 Å². The number of piperazine rings is 1. The van der Waals surface area contributed by atoms with Crippen molar-refractivity contribution in [2.24, 2.45) is 5.92 Å². The smallest absolute Gasteiger partial charge is 0.284 e. The molecule has 5 amide bonds. The monoisotopic (exact) mass is 904 g/mol. The summed E-state index contributed by atoms with van der Waals surface area (Å²) in [5, 5.41) is 12.0. The highest BCUT2D eigenvalue weighted by atomic mass is 19.3. The van der Waals surface area contributed by atoms with Gasteiger partial charge in [0.05, 0.1) is 35.3 Å². The Bertz CT molecular complexity index is 2670. The van der Waals surface area contributed by atoms with E-state index in [0.717, 1.165) is 36.5 Å². The van der Waals surface area contributed by atoms with E-state index in [2.05, 4.69) is 40.8 Å². The Kier molecular flexibility index (Phi) is 12.7. The van der Waals surface area contributed by atoms with Crippen LogP contribution in [0.5, 0.6) is 0 Å². The second-order valence-corrected chi connectivity index (χ2v) is 16.6. The van der Waals surface area contributed by atoms with Crippen molar-refractivity contribution in [2.75, 3.05) is 68.0 Å². The second kappa shape index (κ2) is 19.1. The lowest BCUT2D eigenvalue weighted by Gasteiger charge is -2.36. The van der Waals surface area contributed by atoms with E-state index in [-0.39, 0.29) is 53.4 Å². The van der Waals surface area contributed by atoms with Crippen LogP contribution in [0.2, 0.25) is 0 Å². The molecule has 3 N–H and O–H groups in total. The molecule has 6 heterocycles. The molecule has 0 spiro atoms. The molecule has 1 saturated carbocycles. The van der Waals surface area contributed by atoms with E-state index in [1.807, 2.05) is 0 Å². The van der Waals surface area contributed by atoms with Crippen molar-refractivity contribution in [1.29, 1.82) is 0 Å². The lowest BCUT2D eigenvalue weighted by atomic mass is 10.0. The van der Waals surface area contributed by atoms with E-state index in [9.17, 15) is 37.5 Å². The minimum atomic E-state index is -2.99. The highest BCUT2D eigenvalue weighted by molar-refractivity contribution is 6.23. The van der Waals surface area contributed by atoms with Crippen LogP contribution >= 0.6 is 0 Å². The van der Waals surface area contributed by atoms with Crippen molar-refractivity contribution in [1.82, 2.24) is 34.9 Å². The summed E-state index contributed by atoms with van der Waals surface area (Å²) < 4.78 is 40.7. The quantitative estimate of drug-likeness (QED) is 0.0591. The number of anilines is 3. The molecule has 342 valence electrons. The second-order valence-electron chi connectivity index (χ2n) is 16.6. The van der Waals surface area contributed by atoms with Gasteiger partial charge in [-0.25, -0.2) is 23.4 Å². The Morgan fingerprint density at radius 3 is 2.44 bits per heavy atom. The van der Waals surface area contributed by atoms with Crippen LogP contribution in [0.25, 0.3) is 17.1 Å². The third-order valence-electron chi connectivity index (χ3n) is 12.1. The summed E-state index contributed by atoms with van der Waals surface area (Å²) in [6.07, 6.45) is 4.33. The van der Waals surface area contributed by atoms with Crippen LogP contribution in [-0.4, -0.2) is 123 Å². The van der Waals surface area contributed by atoms with Gasteiger partial charge < -0.3 is 24.7 Å². The van der Waals surface area contributed by atoms with Gasteiger partial charge in [0.25, 0.3) is 24.1 Å². The maximum atomic E-state index is 14.1. The van der Waals surface area contributed by atoms with E-state index in [1.165, 1.54) is 23.7 Å².